The van der Waals surface area contributed by atoms with Gasteiger partial charge in [-0.05, 0) is 36.0 Å². The van der Waals surface area contributed by atoms with Gasteiger partial charge in [0.15, 0.2) is 0 Å². The van der Waals surface area contributed by atoms with Crippen LogP contribution in [0.2, 0.25) is 0 Å². The number of rotatable bonds is 6. The van der Waals surface area contributed by atoms with Crippen LogP contribution >= 0.6 is 0 Å². The van der Waals surface area contributed by atoms with Crippen molar-refractivity contribution in [1.29, 1.82) is 0 Å². The summed E-state index contributed by atoms with van der Waals surface area (Å²) in [6, 6.07) is 0. The molecule has 0 aromatic rings. The summed E-state index contributed by atoms with van der Waals surface area (Å²) in [5, 5.41) is 0. The van der Waals surface area contributed by atoms with Gasteiger partial charge < -0.3 is 14.2 Å². The molecule has 0 amide bonds. The fraction of sp³-hybridized carbons (Fsp3) is 0.545. The van der Waals surface area contributed by atoms with E-state index in [0.717, 1.165) is 11.9 Å². The lowest BCUT2D eigenvalue weighted by Gasteiger charge is -2.27. The zero-order valence-electron chi connectivity index (χ0n) is 17.1. The van der Waals surface area contributed by atoms with Crippen LogP contribution < -0.4 is 0 Å². The predicted molar refractivity (Wildman–Crippen MR) is 105 cm³/mol. The third kappa shape index (κ3) is 6.41. The molecule has 0 N–H and O–H groups in total. The molecular formula is C22H28O7. The first kappa shape index (κ1) is 22.6. The lowest BCUT2D eigenvalue weighted by Crippen LogP contribution is -2.34. The van der Waals surface area contributed by atoms with Gasteiger partial charge >= 0.3 is 17.9 Å². The van der Waals surface area contributed by atoms with E-state index in [0.29, 0.717) is 18.4 Å². The first-order valence-electron chi connectivity index (χ1n) is 9.77. The van der Waals surface area contributed by atoms with Crippen LogP contribution in [0, 0.1) is 11.8 Å². The first-order chi connectivity index (χ1) is 13.7. The molecule has 0 spiro atoms. The molecule has 7 nitrogen and oxygen atoms in total. The van der Waals surface area contributed by atoms with Crippen molar-refractivity contribution in [2.24, 2.45) is 11.8 Å². The number of ether oxygens (including phenoxy) is 3. The molecular weight excluding hydrogens is 376 g/mol. The minimum atomic E-state index is -0.758. The number of aldehydes is 1. The standard InChI is InChI=1S/C22H28O7/c1-13(2)8-20(25)28-18-9-16(11-23)6-5-7-17(12-27-15(4)24)10-19-21(18)14(3)22(26)29-19/h6,10-11,13,18-19,21H,3,5,7-9,12H2,1-2,4H3/b16-6+,17-10+/t18-,19-,21+/m1/s1. The van der Waals surface area contributed by atoms with Crippen LogP contribution in [0.1, 0.15) is 46.5 Å². The van der Waals surface area contributed by atoms with Gasteiger partial charge in [-0.25, -0.2) is 4.79 Å². The van der Waals surface area contributed by atoms with Gasteiger partial charge in [-0.3, -0.25) is 14.4 Å². The fourth-order valence-electron chi connectivity index (χ4n) is 3.46. The highest BCUT2D eigenvalue weighted by Crippen LogP contribution is 2.36. The summed E-state index contributed by atoms with van der Waals surface area (Å²) in [6.07, 6.45) is 4.27. The summed E-state index contributed by atoms with van der Waals surface area (Å²) >= 11 is 0. The predicted octanol–water partition coefficient (Wildman–Crippen LogP) is 2.84. The van der Waals surface area contributed by atoms with E-state index < -0.39 is 36.0 Å². The Bertz CT molecular complexity index is 744. The molecule has 2 aliphatic rings. The van der Waals surface area contributed by atoms with Crippen LogP contribution in [-0.4, -0.2) is 43.0 Å². The summed E-state index contributed by atoms with van der Waals surface area (Å²) in [6.45, 7) is 9.01. The van der Waals surface area contributed by atoms with E-state index in [1.54, 1.807) is 12.2 Å². The number of fused-ring (bicyclic) bond motifs is 1. The summed E-state index contributed by atoms with van der Waals surface area (Å²) in [5.74, 6) is -1.89. The number of hydrogen-bond donors (Lipinski definition) is 0. The highest BCUT2D eigenvalue weighted by Gasteiger charge is 2.44. The van der Waals surface area contributed by atoms with Crippen LogP contribution in [-0.2, 0) is 33.4 Å². The van der Waals surface area contributed by atoms with Gasteiger partial charge in [0.2, 0.25) is 0 Å². The number of carbonyl (C=O) groups excluding carboxylic acids is 4. The Kier molecular flexibility index (Phi) is 7.93. The van der Waals surface area contributed by atoms with Gasteiger partial charge in [0.05, 0.1) is 5.92 Å². The maximum absolute atomic E-state index is 12.3. The third-order valence-electron chi connectivity index (χ3n) is 4.84. The Morgan fingerprint density at radius 1 is 1.38 bits per heavy atom. The highest BCUT2D eigenvalue weighted by atomic mass is 16.6. The van der Waals surface area contributed by atoms with Crippen LogP contribution in [0.4, 0.5) is 0 Å². The normalized spacial score (nSPS) is 28.3. The van der Waals surface area contributed by atoms with E-state index in [2.05, 4.69) is 6.58 Å². The van der Waals surface area contributed by atoms with Crippen molar-refractivity contribution in [1.82, 2.24) is 0 Å². The van der Waals surface area contributed by atoms with Crippen LogP contribution in [0.15, 0.2) is 35.5 Å². The Morgan fingerprint density at radius 3 is 2.72 bits per heavy atom. The second-order valence-corrected chi connectivity index (χ2v) is 7.79. The van der Waals surface area contributed by atoms with E-state index in [1.165, 1.54) is 6.92 Å². The van der Waals surface area contributed by atoms with Crippen LogP contribution in [0.3, 0.4) is 0 Å². The molecule has 1 fully saturated rings. The van der Waals surface area contributed by atoms with Gasteiger partial charge in [0.25, 0.3) is 0 Å². The molecule has 1 saturated heterocycles. The molecule has 1 aliphatic carbocycles. The molecule has 0 unspecified atom stereocenters. The van der Waals surface area contributed by atoms with Crippen LogP contribution in [0.5, 0.6) is 0 Å². The van der Waals surface area contributed by atoms with E-state index >= 15 is 0 Å². The third-order valence-corrected chi connectivity index (χ3v) is 4.84. The zero-order valence-corrected chi connectivity index (χ0v) is 17.1. The molecule has 0 bridgehead atoms. The average molecular weight is 404 g/mol. The summed E-state index contributed by atoms with van der Waals surface area (Å²) < 4.78 is 16.2. The smallest absolute Gasteiger partial charge is 0.334 e. The van der Waals surface area contributed by atoms with E-state index in [1.807, 2.05) is 13.8 Å². The minimum Gasteiger partial charge on any atom is -0.461 e. The lowest BCUT2D eigenvalue weighted by molar-refractivity contribution is -0.153. The zero-order chi connectivity index (χ0) is 21.6. The van der Waals surface area contributed by atoms with Crippen molar-refractivity contribution in [3.05, 3.63) is 35.5 Å². The molecule has 158 valence electrons. The monoisotopic (exact) mass is 404 g/mol. The number of allylic oxidation sites excluding steroid dienone is 1. The van der Waals surface area contributed by atoms with E-state index in [4.69, 9.17) is 14.2 Å². The molecule has 7 heteroatoms. The van der Waals surface area contributed by atoms with Crippen molar-refractivity contribution >= 4 is 24.2 Å². The Hall–Kier alpha value is -2.70. The molecule has 0 aromatic carbocycles. The van der Waals surface area contributed by atoms with Gasteiger partial charge in [0.1, 0.15) is 25.1 Å². The SMILES string of the molecule is C=C1C(=O)O[C@@H]2/C=C(/COC(C)=O)CC/C=C(/C=O)C[C@@H](OC(=O)CC(C)C)[C@H]12. The molecule has 2 rings (SSSR count). The molecule has 1 heterocycles. The summed E-state index contributed by atoms with van der Waals surface area (Å²) in [5.41, 5.74) is 1.44. The van der Waals surface area contributed by atoms with E-state index in [9.17, 15) is 19.2 Å². The molecule has 0 saturated carbocycles. The second-order valence-electron chi connectivity index (χ2n) is 7.79. The van der Waals surface area contributed by atoms with Crippen molar-refractivity contribution in [2.45, 2.75) is 58.7 Å². The van der Waals surface area contributed by atoms with Gasteiger partial charge in [0, 0.05) is 25.3 Å². The minimum absolute atomic E-state index is 0.0602. The summed E-state index contributed by atoms with van der Waals surface area (Å²) in [4.78, 5) is 47.3. The summed E-state index contributed by atoms with van der Waals surface area (Å²) in [7, 11) is 0. The Morgan fingerprint density at radius 2 is 2.10 bits per heavy atom. The molecule has 29 heavy (non-hydrogen) atoms. The fourth-order valence-corrected chi connectivity index (χ4v) is 3.46. The van der Waals surface area contributed by atoms with Crippen molar-refractivity contribution in [2.75, 3.05) is 6.61 Å². The Labute approximate surface area is 170 Å². The van der Waals surface area contributed by atoms with Crippen molar-refractivity contribution in [3.8, 4) is 0 Å². The molecule has 0 radical (unpaired) electrons. The number of carbonyl (C=O) groups is 4. The topological polar surface area (TPSA) is 96.0 Å². The number of hydrogen-bond acceptors (Lipinski definition) is 7. The largest absolute Gasteiger partial charge is 0.461 e. The van der Waals surface area contributed by atoms with Gasteiger partial charge in [-0.15, -0.1) is 0 Å². The lowest BCUT2D eigenvalue weighted by atomic mass is 9.85. The first-order valence-corrected chi connectivity index (χ1v) is 9.77. The molecule has 1 aliphatic heterocycles. The maximum atomic E-state index is 12.3. The second kappa shape index (κ2) is 10.2. The maximum Gasteiger partial charge on any atom is 0.334 e. The molecule has 0 aromatic heterocycles. The van der Waals surface area contributed by atoms with Crippen molar-refractivity contribution in [3.63, 3.8) is 0 Å². The Balaban J connectivity index is 2.38. The van der Waals surface area contributed by atoms with Gasteiger partial charge in [-0.2, -0.15) is 0 Å². The molecule has 3 atom stereocenters. The van der Waals surface area contributed by atoms with Gasteiger partial charge in [-0.1, -0.05) is 26.5 Å². The highest BCUT2D eigenvalue weighted by molar-refractivity contribution is 5.91. The number of esters is 3. The van der Waals surface area contributed by atoms with E-state index in [-0.39, 0.29) is 30.9 Å². The average Bonchev–Trinajstić information content (AvgIpc) is 2.90. The van der Waals surface area contributed by atoms with Crippen LogP contribution in [0.25, 0.3) is 0 Å². The van der Waals surface area contributed by atoms with Crippen molar-refractivity contribution < 1.29 is 33.4 Å². The quantitative estimate of drug-likeness (QED) is 0.221.